The number of carbonyl (C=O) groups is 1. The summed E-state index contributed by atoms with van der Waals surface area (Å²) in [5.41, 5.74) is 2.03. The van der Waals surface area contributed by atoms with Crippen LogP contribution in [0.5, 0.6) is 11.5 Å². The van der Waals surface area contributed by atoms with Crippen molar-refractivity contribution in [1.82, 2.24) is 10.3 Å². The van der Waals surface area contributed by atoms with Crippen LogP contribution in [0.2, 0.25) is 0 Å². The number of aromatic nitrogens is 1. The Balaban J connectivity index is 1.69. The third kappa shape index (κ3) is 3.85. The number of aryl methyl sites for hydroxylation is 1. The number of amides is 1. The number of carbonyl (C=O) groups excluding carboxylic acids is 1. The molecule has 0 saturated carbocycles. The molecule has 0 bridgehead atoms. The maximum absolute atomic E-state index is 12.4. The normalized spacial score (nSPS) is 10.4. The molecule has 3 rings (SSSR count). The molecule has 0 aliphatic rings. The van der Waals surface area contributed by atoms with E-state index in [0.717, 1.165) is 22.6 Å². The van der Waals surface area contributed by atoms with Crippen molar-refractivity contribution in [2.45, 2.75) is 13.5 Å². The summed E-state index contributed by atoms with van der Waals surface area (Å²) < 4.78 is 15.9. The smallest absolute Gasteiger partial charge is 0.273 e. The van der Waals surface area contributed by atoms with Gasteiger partial charge in [-0.05, 0) is 48.9 Å². The summed E-state index contributed by atoms with van der Waals surface area (Å²) in [7, 11) is 3.22. The van der Waals surface area contributed by atoms with Crippen molar-refractivity contribution in [3.63, 3.8) is 0 Å². The Morgan fingerprint density at radius 2 is 1.58 bits per heavy atom. The van der Waals surface area contributed by atoms with E-state index in [2.05, 4.69) is 10.3 Å². The van der Waals surface area contributed by atoms with E-state index in [1.54, 1.807) is 21.1 Å². The first-order chi connectivity index (χ1) is 12.6. The Labute approximate surface area is 151 Å². The molecule has 0 aliphatic carbocycles. The zero-order valence-corrected chi connectivity index (χ0v) is 14.9. The molecule has 0 unspecified atom stereocenters. The molecule has 1 N–H and O–H groups in total. The first-order valence-electron chi connectivity index (χ1n) is 8.13. The fourth-order valence-electron chi connectivity index (χ4n) is 2.47. The van der Waals surface area contributed by atoms with Crippen molar-refractivity contribution in [3.05, 3.63) is 65.5 Å². The van der Waals surface area contributed by atoms with Crippen LogP contribution in [-0.2, 0) is 6.54 Å². The monoisotopic (exact) mass is 352 g/mol. The van der Waals surface area contributed by atoms with E-state index in [0.29, 0.717) is 18.2 Å². The van der Waals surface area contributed by atoms with E-state index in [1.807, 2.05) is 48.5 Å². The van der Waals surface area contributed by atoms with Crippen molar-refractivity contribution in [2.24, 2.45) is 0 Å². The molecule has 6 nitrogen and oxygen atoms in total. The summed E-state index contributed by atoms with van der Waals surface area (Å²) in [6.07, 6.45) is 0. The lowest BCUT2D eigenvalue weighted by molar-refractivity contribution is 0.0945. The summed E-state index contributed by atoms with van der Waals surface area (Å²) in [4.78, 5) is 16.8. The molecule has 3 aromatic rings. The van der Waals surface area contributed by atoms with Crippen LogP contribution in [0.25, 0.3) is 11.5 Å². The minimum Gasteiger partial charge on any atom is -0.497 e. The molecule has 0 radical (unpaired) electrons. The number of nitrogens with one attached hydrogen (secondary N) is 1. The highest BCUT2D eigenvalue weighted by Crippen LogP contribution is 2.24. The maximum Gasteiger partial charge on any atom is 0.273 e. The molecule has 6 heteroatoms. The Hall–Kier alpha value is -3.28. The van der Waals surface area contributed by atoms with E-state index in [4.69, 9.17) is 13.9 Å². The maximum atomic E-state index is 12.4. The highest BCUT2D eigenvalue weighted by atomic mass is 16.5. The lowest BCUT2D eigenvalue weighted by atomic mass is 10.2. The second kappa shape index (κ2) is 7.74. The van der Waals surface area contributed by atoms with Gasteiger partial charge in [-0.15, -0.1) is 0 Å². The number of ether oxygens (including phenoxy) is 2. The minimum absolute atomic E-state index is 0.276. The molecule has 0 fully saturated rings. The van der Waals surface area contributed by atoms with Crippen molar-refractivity contribution in [2.75, 3.05) is 14.2 Å². The Kier molecular flexibility index (Phi) is 5.22. The first-order valence-corrected chi connectivity index (χ1v) is 8.13. The van der Waals surface area contributed by atoms with Crippen molar-refractivity contribution >= 4 is 5.91 Å². The van der Waals surface area contributed by atoms with E-state index in [1.165, 1.54) is 0 Å². The molecule has 1 amide bonds. The number of rotatable bonds is 6. The molecule has 0 atom stereocenters. The zero-order valence-electron chi connectivity index (χ0n) is 14.9. The molecule has 1 aromatic heterocycles. The van der Waals surface area contributed by atoms with Crippen LogP contribution in [0, 0.1) is 6.92 Å². The average Bonchev–Trinajstić information content (AvgIpc) is 3.08. The molecule has 1 heterocycles. The Morgan fingerprint density at radius 1 is 1.00 bits per heavy atom. The van der Waals surface area contributed by atoms with Gasteiger partial charge in [0.1, 0.15) is 17.3 Å². The predicted octanol–water partition coefficient (Wildman–Crippen LogP) is 3.60. The molecule has 0 saturated heterocycles. The van der Waals surface area contributed by atoms with Gasteiger partial charge in [0.25, 0.3) is 5.91 Å². The van der Waals surface area contributed by atoms with Crippen LogP contribution in [0.4, 0.5) is 0 Å². The van der Waals surface area contributed by atoms with Crippen LogP contribution < -0.4 is 14.8 Å². The number of nitrogens with zero attached hydrogens (tertiary/aromatic N) is 1. The topological polar surface area (TPSA) is 73.6 Å². The van der Waals surface area contributed by atoms with Gasteiger partial charge >= 0.3 is 0 Å². The van der Waals surface area contributed by atoms with Gasteiger partial charge < -0.3 is 19.2 Å². The quantitative estimate of drug-likeness (QED) is 0.734. The number of hydrogen-bond acceptors (Lipinski definition) is 5. The molecule has 0 spiro atoms. The highest BCUT2D eigenvalue weighted by Gasteiger charge is 2.18. The van der Waals surface area contributed by atoms with Crippen molar-refractivity contribution in [1.29, 1.82) is 0 Å². The standard InChI is InChI=1S/C20H20N2O4/c1-13-18(19(23)21-12-14-4-8-16(24-2)9-5-14)22-20(26-13)15-6-10-17(25-3)11-7-15/h4-11H,12H2,1-3H3,(H,21,23). The number of hydrogen-bond donors (Lipinski definition) is 1. The van der Waals surface area contributed by atoms with Gasteiger partial charge in [-0.1, -0.05) is 12.1 Å². The van der Waals surface area contributed by atoms with Crippen LogP contribution in [-0.4, -0.2) is 25.1 Å². The molecule has 134 valence electrons. The van der Waals surface area contributed by atoms with Gasteiger partial charge in [0.05, 0.1) is 14.2 Å². The second-order valence-electron chi connectivity index (χ2n) is 5.68. The lowest BCUT2D eigenvalue weighted by Crippen LogP contribution is -2.23. The summed E-state index contributed by atoms with van der Waals surface area (Å²) in [5.74, 6) is 2.12. The van der Waals surface area contributed by atoms with Crippen molar-refractivity contribution in [3.8, 4) is 23.0 Å². The molecule has 2 aromatic carbocycles. The number of benzene rings is 2. The third-order valence-electron chi connectivity index (χ3n) is 3.96. The first kappa shape index (κ1) is 17.5. The van der Waals surface area contributed by atoms with E-state index in [-0.39, 0.29) is 11.6 Å². The van der Waals surface area contributed by atoms with Gasteiger partial charge in [0.15, 0.2) is 5.69 Å². The average molecular weight is 352 g/mol. The van der Waals surface area contributed by atoms with Gasteiger partial charge in [-0.25, -0.2) is 4.98 Å². The van der Waals surface area contributed by atoms with Crippen LogP contribution in [0.3, 0.4) is 0 Å². The van der Waals surface area contributed by atoms with Crippen LogP contribution in [0.15, 0.2) is 52.9 Å². The van der Waals surface area contributed by atoms with Gasteiger partial charge in [-0.3, -0.25) is 4.79 Å². The Morgan fingerprint density at radius 3 is 2.15 bits per heavy atom. The van der Waals surface area contributed by atoms with Crippen LogP contribution >= 0.6 is 0 Å². The molecular weight excluding hydrogens is 332 g/mol. The van der Waals surface area contributed by atoms with E-state index < -0.39 is 0 Å². The highest BCUT2D eigenvalue weighted by molar-refractivity contribution is 5.93. The Bertz CT molecular complexity index is 883. The summed E-state index contributed by atoms with van der Waals surface area (Å²) in [6.45, 7) is 2.12. The van der Waals surface area contributed by atoms with Crippen LogP contribution in [0.1, 0.15) is 21.8 Å². The van der Waals surface area contributed by atoms with Gasteiger partial charge in [0, 0.05) is 12.1 Å². The third-order valence-corrected chi connectivity index (χ3v) is 3.96. The lowest BCUT2D eigenvalue weighted by Gasteiger charge is -2.05. The number of oxazole rings is 1. The van der Waals surface area contributed by atoms with Gasteiger partial charge in [-0.2, -0.15) is 0 Å². The largest absolute Gasteiger partial charge is 0.497 e. The zero-order chi connectivity index (χ0) is 18.5. The second-order valence-corrected chi connectivity index (χ2v) is 5.68. The van der Waals surface area contributed by atoms with Gasteiger partial charge in [0.2, 0.25) is 5.89 Å². The fourth-order valence-corrected chi connectivity index (χ4v) is 2.47. The summed E-state index contributed by atoms with van der Waals surface area (Å²) >= 11 is 0. The summed E-state index contributed by atoms with van der Waals surface area (Å²) in [5, 5.41) is 2.85. The van der Waals surface area contributed by atoms with E-state index >= 15 is 0 Å². The predicted molar refractivity (Wildman–Crippen MR) is 97.4 cm³/mol. The SMILES string of the molecule is COc1ccc(CNC(=O)c2nc(-c3ccc(OC)cc3)oc2C)cc1. The van der Waals surface area contributed by atoms with Crippen molar-refractivity contribution < 1.29 is 18.7 Å². The molecule has 26 heavy (non-hydrogen) atoms. The number of methoxy groups -OCH3 is 2. The molecule has 0 aliphatic heterocycles. The summed E-state index contributed by atoms with van der Waals surface area (Å²) in [6, 6.07) is 14.8. The molecular formula is C20H20N2O4. The minimum atomic E-state index is -0.276. The fraction of sp³-hybridized carbons (Fsp3) is 0.200. The van der Waals surface area contributed by atoms with E-state index in [9.17, 15) is 4.79 Å².